The lowest BCUT2D eigenvalue weighted by molar-refractivity contribution is -0.135. The van der Waals surface area contributed by atoms with Gasteiger partial charge in [0.2, 0.25) is 5.91 Å². The topological polar surface area (TPSA) is 178 Å². The number of fused-ring (bicyclic) bond motifs is 2. The van der Waals surface area contributed by atoms with Crippen molar-refractivity contribution in [1.82, 2.24) is 45.3 Å². The molecular weight excluding hydrogens is 811 g/mol. The molecule has 0 radical (unpaired) electrons. The van der Waals surface area contributed by atoms with Crippen LogP contribution in [0.3, 0.4) is 0 Å². The largest absolute Gasteiger partial charge is 0.453 e. The van der Waals surface area contributed by atoms with Gasteiger partial charge in [-0.05, 0) is 117 Å². The summed E-state index contributed by atoms with van der Waals surface area (Å²) in [5, 5.41) is 5.35. The number of rotatable bonds is 10. The Labute approximate surface area is 373 Å². The zero-order chi connectivity index (χ0) is 44.5. The Morgan fingerprint density at radius 2 is 1.28 bits per heavy atom. The van der Waals surface area contributed by atoms with Gasteiger partial charge >= 0.3 is 12.2 Å². The van der Waals surface area contributed by atoms with Crippen LogP contribution in [0.25, 0.3) is 33.6 Å². The van der Waals surface area contributed by atoms with E-state index >= 15 is 0 Å². The monoisotopic (exact) mass is 867 g/mol. The molecule has 3 aromatic carbocycles. The summed E-state index contributed by atoms with van der Waals surface area (Å²) in [6.45, 7) is 4.93. The number of hydrogen-bond acceptors (Lipinski definition) is 9. The molecule has 4 atom stereocenters. The fraction of sp³-hybridized carbons (Fsp3) is 0.429. The van der Waals surface area contributed by atoms with E-state index in [1.165, 1.54) is 30.9 Å². The average molecular weight is 868 g/mol. The summed E-state index contributed by atoms with van der Waals surface area (Å²) in [7, 11) is 4.79. The zero-order valence-corrected chi connectivity index (χ0v) is 37.0. The number of carbonyl (C=O) groups excluding carboxylic acids is 4. The quantitative estimate of drug-likeness (QED) is 0.113. The van der Waals surface area contributed by atoms with E-state index in [2.05, 4.69) is 68.9 Å². The predicted octanol–water partition coefficient (Wildman–Crippen LogP) is 7.21. The predicted molar refractivity (Wildman–Crippen MR) is 241 cm³/mol. The van der Waals surface area contributed by atoms with Crippen LogP contribution in [0.4, 0.5) is 9.59 Å². The van der Waals surface area contributed by atoms with Crippen LogP contribution >= 0.6 is 0 Å². The van der Waals surface area contributed by atoms with Gasteiger partial charge in [-0.25, -0.2) is 19.6 Å². The molecule has 15 heteroatoms. The number of carbonyl (C=O) groups is 4. The van der Waals surface area contributed by atoms with Crippen LogP contribution in [-0.2, 0) is 30.9 Å². The Morgan fingerprint density at radius 1 is 0.703 bits per heavy atom. The molecule has 4 aliphatic rings. The van der Waals surface area contributed by atoms with E-state index in [1.807, 2.05) is 52.5 Å². The smallest absolute Gasteiger partial charge is 0.407 e. The standard InChI is InChI=1S/C49H57N9O6/c1-30(52-47(61)63-3)45(59)57-24-8-12-39(57)44-51-29-38(54-44)35-19-18-34(41-36(35)20-21-49(41)22-26-56(2)27-23-49)31-14-16-32(17-15-31)37-28-50-43(53-37)40-13-9-25-58(40)46(60)42(55-48(62)64-4)33-10-6-5-7-11-33/h5-7,10-11,14-19,28-30,39-40,42H,8-9,12-13,20-27H2,1-4H3,(H,50,53)(H,51,54)(H,52,61)(H,55,62)/t30-,39-,40-,42-/m0/s1. The van der Waals surface area contributed by atoms with Gasteiger partial charge in [-0.1, -0.05) is 66.7 Å². The molecule has 4 amide bonds. The molecule has 334 valence electrons. The molecule has 3 aliphatic heterocycles. The van der Waals surface area contributed by atoms with Crippen LogP contribution in [0, 0.1) is 0 Å². The Hall–Kier alpha value is -6.48. The Morgan fingerprint density at radius 3 is 1.94 bits per heavy atom. The number of benzene rings is 3. The number of piperidine rings is 1. The molecule has 3 saturated heterocycles. The second-order valence-electron chi connectivity index (χ2n) is 17.8. The molecule has 4 N–H and O–H groups in total. The number of ether oxygens (including phenoxy) is 2. The lowest BCUT2D eigenvalue weighted by atomic mass is 9.71. The Balaban J connectivity index is 0.975. The van der Waals surface area contributed by atoms with E-state index in [4.69, 9.17) is 19.4 Å². The highest BCUT2D eigenvalue weighted by molar-refractivity contribution is 5.88. The van der Waals surface area contributed by atoms with E-state index in [0.717, 1.165) is 98.4 Å². The highest BCUT2D eigenvalue weighted by Gasteiger charge is 2.44. The minimum absolute atomic E-state index is 0.0704. The molecule has 5 heterocycles. The Kier molecular flexibility index (Phi) is 12.0. The molecule has 0 unspecified atom stereocenters. The molecule has 5 aromatic rings. The lowest BCUT2D eigenvalue weighted by Gasteiger charge is -2.40. The number of hydrogen-bond donors (Lipinski definition) is 4. The number of nitrogens with zero attached hydrogens (tertiary/aromatic N) is 5. The Bertz CT molecular complexity index is 2510. The highest BCUT2D eigenvalue weighted by atomic mass is 16.5. The molecule has 3 fully saturated rings. The maximum atomic E-state index is 14.1. The van der Waals surface area contributed by atoms with Crippen molar-refractivity contribution >= 4 is 24.0 Å². The first kappa shape index (κ1) is 42.8. The lowest BCUT2D eigenvalue weighted by Crippen LogP contribution is -2.46. The third-order valence-electron chi connectivity index (χ3n) is 14.0. The van der Waals surface area contributed by atoms with Crippen molar-refractivity contribution in [1.29, 1.82) is 0 Å². The average Bonchev–Trinajstić information content (AvgIpc) is 4.19. The van der Waals surface area contributed by atoms with Crippen LogP contribution in [0.1, 0.15) is 98.3 Å². The van der Waals surface area contributed by atoms with Crippen LogP contribution < -0.4 is 10.6 Å². The first-order chi connectivity index (χ1) is 31.1. The van der Waals surface area contributed by atoms with Gasteiger partial charge in [0.1, 0.15) is 23.7 Å². The van der Waals surface area contributed by atoms with Gasteiger partial charge in [0.15, 0.2) is 0 Å². The SMILES string of the molecule is COC(=O)N[C@@H](C)C(=O)N1CCC[C@H]1c1ncc(-c2ccc(-c3ccc(-c4cnc([C@@H]5CCCN5C(=O)[C@@H](NC(=O)OC)c5ccccc5)[nH]4)cc3)c3c2CCC32CCN(C)CC2)[nH]1. The van der Waals surface area contributed by atoms with Crippen molar-refractivity contribution in [3.8, 4) is 33.6 Å². The fourth-order valence-electron chi connectivity index (χ4n) is 10.6. The number of amides is 4. The third kappa shape index (κ3) is 8.12. The molecule has 1 spiro atoms. The van der Waals surface area contributed by atoms with Gasteiger partial charge in [-0.3, -0.25) is 9.59 Å². The second-order valence-corrected chi connectivity index (χ2v) is 17.8. The van der Waals surface area contributed by atoms with Crippen molar-refractivity contribution in [3.05, 3.63) is 107 Å². The maximum absolute atomic E-state index is 14.1. The molecule has 0 bridgehead atoms. The molecule has 9 rings (SSSR count). The first-order valence-electron chi connectivity index (χ1n) is 22.5. The number of H-pyrrole nitrogens is 2. The van der Waals surface area contributed by atoms with Crippen LogP contribution in [0.5, 0.6) is 0 Å². The van der Waals surface area contributed by atoms with E-state index in [0.29, 0.717) is 24.5 Å². The summed E-state index contributed by atoms with van der Waals surface area (Å²) < 4.78 is 9.60. The van der Waals surface area contributed by atoms with Crippen molar-refractivity contribution in [2.24, 2.45) is 0 Å². The number of likely N-dealkylation sites (tertiary alicyclic amines) is 3. The highest BCUT2D eigenvalue weighted by Crippen LogP contribution is 2.52. The minimum atomic E-state index is -0.884. The van der Waals surface area contributed by atoms with Crippen molar-refractivity contribution < 1.29 is 28.7 Å². The summed E-state index contributed by atoms with van der Waals surface area (Å²) in [5.41, 5.74) is 9.94. The van der Waals surface area contributed by atoms with Gasteiger partial charge in [-0.15, -0.1) is 0 Å². The molecule has 64 heavy (non-hydrogen) atoms. The van der Waals surface area contributed by atoms with Gasteiger partial charge in [0.25, 0.3) is 5.91 Å². The van der Waals surface area contributed by atoms with E-state index in [-0.39, 0.29) is 29.3 Å². The van der Waals surface area contributed by atoms with E-state index in [1.54, 1.807) is 6.92 Å². The van der Waals surface area contributed by atoms with E-state index in [9.17, 15) is 19.2 Å². The maximum Gasteiger partial charge on any atom is 0.407 e. The van der Waals surface area contributed by atoms with Crippen molar-refractivity contribution in [2.75, 3.05) is 47.4 Å². The second kappa shape index (κ2) is 17.9. The summed E-state index contributed by atoms with van der Waals surface area (Å²) in [5.74, 6) is 1.11. The summed E-state index contributed by atoms with van der Waals surface area (Å²) in [6, 6.07) is 20.4. The molecule has 1 aliphatic carbocycles. The fourth-order valence-corrected chi connectivity index (χ4v) is 10.6. The van der Waals surface area contributed by atoms with Gasteiger partial charge in [0.05, 0.1) is 50.1 Å². The zero-order valence-electron chi connectivity index (χ0n) is 37.0. The first-order valence-corrected chi connectivity index (χ1v) is 22.5. The molecule has 15 nitrogen and oxygen atoms in total. The van der Waals surface area contributed by atoms with Gasteiger partial charge in [-0.2, -0.15) is 0 Å². The van der Waals surface area contributed by atoms with E-state index < -0.39 is 24.3 Å². The van der Waals surface area contributed by atoms with Crippen molar-refractivity contribution in [3.63, 3.8) is 0 Å². The normalized spacial score (nSPS) is 20.2. The number of aromatic amines is 2. The third-order valence-corrected chi connectivity index (χ3v) is 14.0. The number of imidazole rings is 2. The van der Waals surface area contributed by atoms with Crippen LogP contribution in [0.15, 0.2) is 79.1 Å². The summed E-state index contributed by atoms with van der Waals surface area (Å²) in [6.07, 6.45) is 9.93. The molecule has 2 aromatic heterocycles. The number of alkyl carbamates (subject to hydrolysis) is 2. The van der Waals surface area contributed by atoms with Crippen molar-refractivity contribution in [2.45, 2.75) is 87.9 Å². The van der Waals surface area contributed by atoms with Crippen LogP contribution in [-0.4, -0.2) is 112 Å². The minimum Gasteiger partial charge on any atom is -0.453 e. The molecule has 0 saturated carbocycles. The number of nitrogens with one attached hydrogen (secondary N) is 4. The van der Waals surface area contributed by atoms with Crippen LogP contribution in [0.2, 0.25) is 0 Å². The number of methoxy groups -OCH3 is 2. The summed E-state index contributed by atoms with van der Waals surface area (Å²) in [4.78, 5) is 74.6. The van der Waals surface area contributed by atoms with Gasteiger partial charge < -0.3 is 44.8 Å². The number of aromatic nitrogens is 4. The summed E-state index contributed by atoms with van der Waals surface area (Å²) >= 11 is 0. The molecular formula is C49H57N9O6. The van der Waals surface area contributed by atoms with Gasteiger partial charge in [0, 0.05) is 18.7 Å².